The molecule has 20 heavy (non-hydrogen) atoms. The van der Waals surface area contributed by atoms with Gasteiger partial charge in [0, 0.05) is 6.04 Å². The number of hydrogen-bond donors (Lipinski definition) is 1. The molecule has 1 unspecified atom stereocenters. The number of rotatable bonds is 6. The van der Waals surface area contributed by atoms with Crippen LogP contribution in [0.2, 0.25) is 0 Å². The summed E-state index contributed by atoms with van der Waals surface area (Å²) in [6.45, 7) is 4.57. The molecular formula is C19H31N. The Kier molecular flexibility index (Phi) is 6.09. The van der Waals surface area contributed by atoms with Gasteiger partial charge in [-0.3, -0.25) is 0 Å². The highest BCUT2D eigenvalue weighted by Gasteiger charge is 2.19. The minimum absolute atomic E-state index is 0.534. The van der Waals surface area contributed by atoms with Crippen molar-refractivity contribution >= 4 is 0 Å². The molecule has 112 valence electrons. The molecule has 1 aliphatic rings. The molecule has 1 aliphatic carbocycles. The van der Waals surface area contributed by atoms with Gasteiger partial charge in [-0.1, -0.05) is 70.2 Å². The Morgan fingerprint density at radius 3 is 2.25 bits per heavy atom. The Hall–Kier alpha value is -0.820. The lowest BCUT2D eigenvalue weighted by Crippen LogP contribution is -2.21. The van der Waals surface area contributed by atoms with Crippen LogP contribution >= 0.6 is 0 Å². The first kappa shape index (κ1) is 15.6. The third-order valence-corrected chi connectivity index (χ3v) is 4.67. The Bertz CT molecular complexity index is 373. The normalized spacial score (nSPS) is 18.4. The van der Waals surface area contributed by atoms with Gasteiger partial charge in [-0.05, 0) is 42.9 Å². The van der Waals surface area contributed by atoms with E-state index in [1.54, 1.807) is 0 Å². The van der Waals surface area contributed by atoms with E-state index < -0.39 is 0 Å². The van der Waals surface area contributed by atoms with E-state index in [-0.39, 0.29) is 0 Å². The van der Waals surface area contributed by atoms with Crippen LogP contribution in [-0.4, -0.2) is 7.05 Å². The van der Waals surface area contributed by atoms with Crippen LogP contribution in [0.4, 0.5) is 0 Å². The zero-order chi connectivity index (χ0) is 14.4. The fourth-order valence-electron chi connectivity index (χ4n) is 3.53. The Balaban J connectivity index is 1.95. The van der Waals surface area contributed by atoms with Crippen molar-refractivity contribution in [2.24, 2.45) is 11.8 Å². The van der Waals surface area contributed by atoms with Crippen molar-refractivity contribution in [2.45, 2.75) is 64.8 Å². The molecule has 0 radical (unpaired) electrons. The van der Waals surface area contributed by atoms with Crippen molar-refractivity contribution in [1.82, 2.24) is 5.32 Å². The van der Waals surface area contributed by atoms with E-state index in [1.165, 1.54) is 56.1 Å². The standard InChI is InChI=1S/C19H31N/c1-15(2)13-17-9-11-18(12-10-17)19(20-3)14-16-7-5-4-6-8-16/h9-12,15-16,19-20H,4-8,13-14H2,1-3H3. The quantitative estimate of drug-likeness (QED) is 0.759. The van der Waals surface area contributed by atoms with Crippen LogP contribution < -0.4 is 5.32 Å². The summed E-state index contributed by atoms with van der Waals surface area (Å²) in [7, 11) is 2.11. The van der Waals surface area contributed by atoms with Crippen LogP contribution in [0.15, 0.2) is 24.3 Å². The van der Waals surface area contributed by atoms with Crippen molar-refractivity contribution < 1.29 is 0 Å². The van der Waals surface area contributed by atoms with Crippen LogP contribution in [0.5, 0.6) is 0 Å². The molecule has 0 aromatic heterocycles. The van der Waals surface area contributed by atoms with Crippen LogP contribution in [0.25, 0.3) is 0 Å². The third-order valence-electron chi connectivity index (χ3n) is 4.67. The van der Waals surface area contributed by atoms with Gasteiger partial charge in [0.15, 0.2) is 0 Å². The van der Waals surface area contributed by atoms with Crippen LogP contribution in [0, 0.1) is 11.8 Å². The monoisotopic (exact) mass is 273 g/mol. The summed E-state index contributed by atoms with van der Waals surface area (Å²) >= 11 is 0. The van der Waals surface area contributed by atoms with Gasteiger partial charge in [-0.25, -0.2) is 0 Å². The van der Waals surface area contributed by atoms with E-state index in [4.69, 9.17) is 0 Å². The molecule has 1 saturated carbocycles. The second-order valence-corrected chi connectivity index (χ2v) is 6.92. The largest absolute Gasteiger partial charge is 0.313 e. The number of benzene rings is 1. The van der Waals surface area contributed by atoms with Crippen molar-refractivity contribution in [2.75, 3.05) is 7.05 Å². The highest BCUT2D eigenvalue weighted by molar-refractivity contribution is 5.25. The highest BCUT2D eigenvalue weighted by atomic mass is 14.9. The summed E-state index contributed by atoms with van der Waals surface area (Å²) < 4.78 is 0. The van der Waals surface area contributed by atoms with Gasteiger partial charge >= 0.3 is 0 Å². The lowest BCUT2D eigenvalue weighted by Gasteiger charge is -2.26. The van der Waals surface area contributed by atoms with Gasteiger partial charge in [0.2, 0.25) is 0 Å². The second kappa shape index (κ2) is 7.83. The highest BCUT2D eigenvalue weighted by Crippen LogP contribution is 2.31. The van der Waals surface area contributed by atoms with Gasteiger partial charge < -0.3 is 5.32 Å². The molecule has 1 fully saturated rings. The average Bonchev–Trinajstić information content (AvgIpc) is 2.46. The van der Waals surface area contributed by atoms with E-state index in [0.717, 1.165) is 11.8 Å². The van der Waals surface area contributed by atoms with Gasteiger partial charge in [0.1, 0.15) is 0 Å². The lowest BCUT2D eigenvalue weighted by atomic mass is 9.83. The molecule has 1 atom stereocenters. The van der Waals surface area contributed by atoms with Crippen LogP contribution in [0.1, 0.15) is 69.5 Å². The van der Waals surface area contributed by atoms with Gasteiger partial charge in [0.05, 0.1) is 0 Å². The van der Waals surface area contributed by atoms with E-state index in [0.29, 0.717) is 6.04 Å². The van der Waals surface area contributed by atoms with E-state index in [9.17, 15) is 0 Å². The molecular weight excluding hydrogens is 242 g/mol. The maximum atomic E-state index is 3.53. The maximum absolute atomic E-state index is 3.53. The first-order valence-electron chi connectivity index (χ1n) is 8.45. The minimum Gasteiger partial charge on any atom is -0.313 e. The molecule has 0 aliphatic heterocycles. The number of hydrogen-bond acceptors (Lipinski definition) is 1. The third kappa shape index (κ3) is 4.63. The molecule has 1 aromatic carbocycles. The first-order chi connectivity index (χ1) is 9.69. The molecule has 0 amide bonds. The minimum atomic E-state index is 0.534. The maximum Gasteiger partial charge on any atom is 0.0320 e. The summed E-state index contributed by atoms with van der Waals surface area (Å²) in [5.74, 6) is 1.67. The first-order valence-corrected chi connectivity index (χ1v) is 8.45. The van der Waals surface area contributed by atoms with Crippen LogP contribution in [0.3, 0.4) is 0 Å². The Labute approximate surface area is 125 Å². The molecule has 0 bridgehead atoms. The number of nitrogens with one attached hydrogen (secondary N) is 1. The lowest BCUT2D eigenvalue weighted by molar-refractivity contribution is 0.306. The average molecular weight is 273 g/mol. The SMILES string of the molecule is CNC(CC1CCCCC1)c1ccc(CC(C)C)cc1. The van der Waals surface area contributed by atoms with Gasteiger partial charge in [-0.2, -0.15) is 0 Å². The second-order valence-electron chi connectivity index (χ2n) is 6.92. The summed E-state index contributed by atoms with van der Waals surface area (Å²) in [5.41, 5.74) is 2.93. The van der Waals surface area contributed by atoms with E-state index in [2.05, 4.69) is 50.5 Å². The predicted octanol–water partition coefficient (Wildman–Crippen LogP) is 5.12. The summed E-state index contributed by atoms with van der Waals surface area (Å²) in [4.78, 5) is 0. The molecule has 1 N–H and O–H groups in total. The Morgan fingerprint density at radius 2 is 1.70 bits per heavy atom. The van der Waals surface area contributed by atoms with Crippen molar-refractivity contribution in [1.29, 1.82) is 0 Å². The van der Waals surface area contributed by atoms with Gasteiger partial charge in [-0.15, -0.1) is 0 Å². The molecule has 1 aromatic rings. The molecule has 1 heteroatoms. The predicted molar refractivity (Wildman–Crippen MR) is 88.0 cm³/mol. The van der Waals surface area contributed by atoms with Crippen molar-refractivity contribution in [3.63, 3.8) is 0 Å². The summed E-state index contributed by atoms with van der Waals surface area (Å²) in [5, 5.41) is 3.53. The fraction of sp³-hybridized carbons (Fsp3) is 0.684. The van der Waals surface area contributed by atoms with E-state index in [1.807, 2.05) is 0 Å². The zero-order valence-electron chi connectivity index (χ0n) is 13.5. The zero-order valence-corrected chi connectivity index (χ0v) is 13.5. The van der Waals surface area contributed by atoms with Crippen LogP contribution in [-0.2, 0) is 6.42 Å². The fourth-order valence-corrected chi connectivity index (χ4v) is 3.53. The molecule has 2 rings (SSSR count). The molecule has 1 nitrogen and oxygen atoms in total. The topological polar surface area (TPSA) is 12.0 Å². The van der Waals surface area contributed by atoms with E-state index >= 15 is 0 Å². The van der Waals surface area contributed by atoms with Crippen molar-refractivity contribution in [3.8, 4) is 0 Å². The summed E-state index contributed by atoms with van der Waals surface area (Å²) in [6.07, 6.45) is 9.69. The molecule has 0 saturated heterocycles. The van der Waals surface area contributed by atoms with Crippen molar-refractivity contribution in [3.05, 3.63) is 35.4 Å². The molecule has 0 heterocycles. The van der Waals surface area contributed by atoms with Gasteiger partial charge in [0.25, 0.3) is 0 Å². The molecule has 0 spiro atoms. The summed E-state index contributed by atoms with van der Waals surface area (Å²) in [6, 6.07) is 9.84. The smallest absolute Gasteiger partial charge is 0.0320 e. The Morgan fingerprint density at radius 1 is 1.05 bits per heavy atom.